The van der Waals surface area contributed by atoms with Crippen LogP contribution in [0.1, 0.15) is 12.5 Å². The molecule has 0 fully saturated rings. The highest BCUT2D eigenvalue weighted by molar-refractivity contribution is 5.82. The van der Waals surface area contributed by atoms with Crippen molar-refractivity contribution in [2.75, 3.05) is 19.8 Å². The predicted octanol–water partition coefficient (Wildman–Crippen LogP) is 2.26. The Bertz CT molecular complexity index is 820. The van der Waals surface area contributed by atoms with E-state index in [2.05, 4.69) is 5.32 Å². The highest BCUT2D eigenvalue weighted by atomic mass is 16.6. The number of carbonyl (C=O) groups excluding carboxylic acids is 2. The van der Waals surface area contributed by atoms with Gasteiger partial charge in [-0.05, 0) is 38.1 Å². The summed E-state index contributed by atoms with van der Waals surface area (Å²) < 4.78 is 21.9. The molecule has 3 rings (SSSR count). The Morgan fingerprint density at radius 2 is 1.86 bits per heavy atom. The number of carbonyl (C=O) groups is 2. The Morgan fingerprint density at radius 3 is 2.61 bits per heavy atom. The number of benzene rings is 2. The zero-order valence-corrected chi connectivity index (χ0v) is 15.8. The van der Waals surface area contributed by atoms with Gasteiger partial charge >= 0.3 is 5.97 Å². The van der Waals surface area contributed by atoms with Crippen LogP contribution in [-0.4, -0.2) is 43.8 Å². The molecule has 2 unspecified atom stereocenters. The average molecular weight is 385 g/mol. The van der Waals surface area contributed by atoms with Crippen molar-refractivity contribution in [2.45, 2.75) is 26.1 Å². The molecule has 0 bridgehead atoms. The van der Waals surface area contributed by atoms with E-state index in [0.717, 1.165) is 5.56 Å². The second-order valence-electron chi connectivity index (χ2n) is 6.48. The van der Waals surface area contributed by atoms with E-state index < -0.39 is 18.0 Å². The van der Waals surface area contributed by atoms with Crippen LogP contribution >= 0.6 is 0 Å². The molecule has 1 heterocycles. The van der Waals surface area contributed by atoms with Crippen LogP contribution in [0.15, 0.2) is 48.5 Å². The fraction of sp³-hybridized carbons (Fsp3) is 0.333. The number of esters is 1. The molecule has 0 aromatic heterocycles. The molecular formula is C21H23NO6. The van der Waals surface area contributed by atoms with Crippen LogP contribution in [0.2, 0.25) is 0 Å². The number of hydrogen-bond donors (Lipinski definition) is 1. The maximum Gasteiger partial charge on any atom is 0.347 e. The number of aryl methyl sites for hydroxylation is 1. The second-order valence-corrected chi connectivity index (χ2v) is 6.48. The number of rotatable bonds is 7. The number of ether oxygens (including phenoxy) is 4. The third-order valence-corrected chi connectivity index (χ3v) is 4.11. The van der Waals surface area contributed by atoms with Gasteiger partial charge in [-0.3, -0.25) is 4.79 Å². The fourth-order valence-electron chi connectivity index (χ4n) is 2.57. The van der Waals surface area contributed by atoms with Crippen LogP contribution in [0.5, 0.6) is 17.2 Å². The highest BCUT2D eigenvalue weighted by Crippen LogP contribution is 2.30. The first-order valence-corrected chi connectivity index (χ1v) is 9.06. The molecule has 0 aliphatic carbocycles. The lowest BCUT2D eigenvalue weighted by atomic mass is 10.2. The topological polar surface area (TPSA) is 83.1 Å². The van der Waals surface area contributed by atoms with E-state index in [9.17, 15) is 9.59 Å². The first-order chi connectivity index (χ1) is 13.5. The zero-order chi connectivity index (χ0) is 19.9. The zero-order valence-electron chi connectivity index (χ0n) is 15.8. The molecule has 7 nitrogen and oxygen atoms in total. The van der Waals surface area contributed by atoms with Gasteiger partial charge in [-0.1, -0.05) is 29.8 Å². The Morgan fingerprint density at radius 1 is 1.14 bits per heavy atom. The van der Waals surface area contributed by atoms with Crippen molar-refractivity contribution in [3.05, 3.63) is 54.1 Å². The largest absolute Gasteiger partial charge is 0.486 e. The molecule has 0 saturated heterocycles. The number of fused-ring (bicyclic) bond motifs is 1. The van der Waals surface area contributed by atoms with E-state index in [1.165, 1.54) is 0 Å². The van der Waals surface area contributed by atoms with Gasteiger partial charge in [-0.15, -0.1) is 0 Å². The summed E-state index contributed by atoms with van der Waals surface area (Å²) in [5.74, 6) is 0.859. The number of para-hydroxylation sites is 2. The number of amides is 1. The molecule has 2 aromatic carbocycles. The van der Waals surface area contributed by atoms with Gasteiger partial charge in [0.2, 0.25) is 0 Å². The third-order valence-electron chi connectivity index (χ3n) is 4.11. The van der Waals surface area contributed by atoms with Gasteiger partial charge in [-0.25, -0.2) is 4.79 Å². The molecule has 0 saturated carbocycles. The molecule has 1 N–H and O–H groups in total. The minimum absolute atomic E-state index is 0.250. The number of nitrogens with one attached hydrogen (secondary N) is 1. The maximum absolute atomic E-state index is 12.0. The lowest BCUT2D eigenvalue weighted by molar-refractivity contribution is -0.154. The Balaban J connectivity index is 1.37. The molecule has 28 heavy (non-hydrogen) atoms. The predicted molar refractivity (Wildman–Crippen MR) is 102 cm³/mol. The molecule has 2 aromatic rings. The van der Waals surface area contributed by atoms with Gasteiger partial charge in [0.25, 0.3) is 5.91 Å². The first-order valence-electron chi connectivity index (χ1n) is 9.06. The molecule has 2 atom stereocenters. The van der Waals surface area contributed by atoms with Crippen LogP contribution in [-0.2, 0) is 14.3 Å². The van der Waals surface area contributed by atoms with Crippen LogP contribution in [0.25, 0.3) is 0 Å². The van der Waals surface area contributed by atoms with Gasteiger partial charge in [-0.2, -0.15) is 0 Å². The summed E-state index contributed by atoms with van der Waals surface area (Å²) >= 11 is 0. The molecule has 148 valence electrons. The summed E-state index contributed by atoms with van der Waals surface area (Å²) in [7, 11) is 0. The van der Waals surface area contributed by atoms with Crippen LogP contribution in [0.4, 0.5) is 0 Å². The Kier molecular flexibility index (Phi) is 6.37. The van der Waals surface area contributed by atoms with Crippen molar-refractivity contribution in [3.8, 4) is 17.2 Å². The fourth-order valence-corrected chi connectivity index (χ4v) is 2.57. The summed E-state index contributed by atoms with van der Waals surface area (Å²) in [5, 5.41) is 2.67. The maximum atomic E-state index is 12.0. The van der Waals surface area contributed by atoms with Crippen molar-refractivity contribution in [1.82, 2.24) is 5.32 Å². The lowest BCUT2D eigenvalue weighted by Crippen LogP contribution is -2.42. The molecular weight excluding hydrogens is 362 g/mol. The van der Waals surface area contributed by atoms with E-state index in [0.29, 0.717) is 23.9 Å². The van der Waals surface area contributed by atoms with Gasteiger partial charge in [0.1, 0.15) is 18.5 Å². The summed E-state index contributed by atoms with van der Waals surface area (Å²) in [6, 6.07) is 14.7. The van der Waals surface area contributed by atoms with Crippen molar-refractivity contribution < 1.29 is 28.5 Å². The molecule has 0 radical (unpaired) electrons. The summed E-state index contributed by atoms with van der Waals surface area (Å²) in [6.45, 7) is 3.73. The average Bonchev–Trinajstić information content (AvgIpc) is 2.71. The van der Waals surface area contributed by atoms with E-state index in [4.69, 9.17) is 18.9 Å². The summed E-state index contributed by atoms with van der Waals surface area (Å²) in [6.07, 6.45) is -1.12. The third kappa shape index (κ3) is 5.39. The summed E-state index contributed by atoms with van der Waals surface area (Å²) in [4.78, 5) is 23.9. The van der Waals surface area contributed by atoms with Crippen molar-refractivity contribution >= 4 is 11.9 Å². The quantitative estimate of drug-likeness (QED) is 0.736. The number of hydrogen-bond acceptors (Lipinski definition) is 6. The smallest absolute Gasteiger partial charge is 0.347 e. The SMILES string of the molecule is Cc1ccc(OC(C)C(=O)OCC(=O)NCC2COc3ccccc3O2)cc1. The minimum atomic E-state index is -0.818. The Hall–Kier alpha value is -3.22. The highest BCUT2D eigenvalue weighted by Gasteiger charge is 2.22. The van der Waals surface area contributed by atoms with Crippen LogP contribution in [0, 0.1) is 6.92 Å². The Labute approximate surface area is 163 Å². The molecule has 1 aliphatic rings. The van der Waals surface area contributed by atoms with Crippen molar-refractivity contribution in [3.63, 3.8) is 0 Å². The lowest BCUT2D eigenvalue weighted by Gasteiger charge is -2.26. The normalized spacial score (nSPS) is 16.0. The molecule has 0 spiro atoms. The molecule has 1 aliphatic heterocycles. The first kappa shape index (κ1) is 19.5. The van der Waals surface area contributed by atoms with E-state index in [-0.39, 0.29) is 19.3 Å². The van der Waals surface area contributed by atoms with Gasteiger partial charge in [0.15, 0.2) is 24.2 Å². The van der Waals surface area contributed by atoms with Gasteiger partial charge in [0.05, 0.1) is 6.54 Å². The van der Waals surface area contributed by atoms with E-state index in [1.54, 1.807) is 25.1 Å². The standard InChI is InChI=1S/C21H23NO6/c1-14-7-9-16(10-8-14)27-15(2)21(24)26-13-20(23)22-11-17-12-25-18-5-3-4-6-19(18)28-17/h3-10,15,17H,11-13H2,1-2H3,(H,22,23). The van der Waals surface area contributed by atoms with Crippen LogP contribution < -0.4 is 19.5 Å². The summed E-state index contributed by atoms with van der Waals surface area (Å²) in [5.41, 5.74) is 1.09. The van der Waals surface area contributed by atoms with Crippen LogP contribution in [0.3, 0.4) is 0 Å². The monoisotopic (exact) mass is 385 g/mol. The second kappa shape index (κ2) is 9.12. The van der Waals surface area contributed by atoms with Gasteiger partial charge < -0.3 is 24.3 Å². The van der Waals surface area contributed by atoms with Gasteiger partial charge in [0, 0.05) is 0 Å². The molecule has 1 amide bonds. The van der Waals surface area contributed by atoms with E-state index >= 15 is 0 Å². The minimum Gasteiger partial charge on any atom is -0.486 e. The van der Waals surface area contributed by atoms with Crippen molar-refractivity contribution in [1.29, 1.82) is 0 Å². The van der Waals surface area contributed by atoms with E-state index in [1.807, 2.05) is 37.3 Å². The molecule has 7 heteroatoms. The van der Waals surface area contributed by atoms with Crippen molar-refractivity contribution in [2.24, 2.45) is 0 Å².